The first-order chi connectivity index (χ1) is 7.43. The van der Waals surface area contributed by atoms with Crippen LogP contribution in [0.5, 0.6) is 0 Å². The quantitative estimate of drug-likeness (QED) is 0.814. The molecule has 0 amide bonds. The predicted molar refractivity (Wildman–Crippen MR) is 59.6 cm³/mol. The van der Waals surface area contributed by atoms with E-state index < -0.39 is 0 Å². The molecule has 2 atom stereocenters. The molecule has 0 bridgehead atoms. The van der Waals surface area contributed by atoms with Gasteiger partial charge in [0.1, 0.15) is 0 Å². The van der Waals surface area contributed by atoms with Crippen LogP contribution < -0.4 is 5.32 Å². The van der Waals surface area contributed by atoms with Crippen molar-refractivity contribution in [3.8, 4) is 0 Å². The molecule has 2 aliphatic carbocycles. The van der Waals surface area contributed by atoms with Gasteiger partial charge in [0.25, 0.3) is 0 Å². The molecule has 0 saturated heterocycles. The maximum absolute atomic E-state index is 4.14. The summed E-state index contributed by atoms with van der Waals surface area (Å²) >= 11 is 0. The molecule has 2 saturated carbocycles. The van der Waals surface area contributed by atoms with Crippen molar-refractivity contribution >= 4 is 0 Å². The first-order valence-corrected chi connectivity index (χ1v) is 6.14. The largest absolute Gasteiger partial charge is 0.333 e. The summed E-state index contributed by atoms with van der Waals surface area (Å²) in [6.45, 7) is 1.23. The van der Waals surface area contributed by atoms with E-state index in [0.29, 0.717) is 12.1 Å². The van der Waals surface area contributed by atoms with Gasteiger partial charge in [0, 0.05) is 24.5 Å². The van der Waals surface area contributed by atoms with E-state index in [1.165, 1.54) is 38.6 Å². The topological polar surface area (TPSA) is 29.9 Å². The number of aromatic nitrogens is 2. The Morgan fingerprint density at radius 2 is 2.20 bits per heavy atom. The van der Waals surface area contributed by atoms with Crippen LogP contribution in [0.4, 0.5) is 0 Å². The molecule has 15 heavy (non-hydrogen) atoms. The Morgan fingerprint density at radius 3 is 2.93 bits per heavy atom. The Balaban J connectivity index is 1.61. The molecule has 1 N–H and O–H groups in total. The molecule has 1 aromatic rings. The van der Waals surface area contributed by atoms with Crippen LogP contribution in [0.25, 0.3) is 0 Å². The van der Waals surface area contributed by atoms with Gasteiger partial charge in [-0.25, -0.2) is 4.98 Å². The molecule has 1 aromatic heterocycles. The summed E-state index contributed by atoms with van der Waals surface area (Å²) < 4.78 is 2.28. The lowest BCUT2D eigenvalue weighted by molar-refractivity contribution is 0.387. The Labute approximate surface area is 90.9 Å². The zero-order valence-electron chi connectivity index (χ0n) is 9.10. The van der Waals surface area contributed by atoms with E-state index in [-0.39, 0.29) is 0 Å². The van der Waals surface area contributed by atoms with E-state index in [0.717, 1.165) is 5.92 Å². The lowest BCUT2D eigenvalue weighted by atomic mass is 10.1. The summed E-state index contributed by atoms with van der Waals surface area (Å²) in [5.74, 6) is 0.981. The second kappa shape index (κ2) is 3.97. The van der Waals surface area contributed by atoms with E-state index >= 15 is 0 Å². The first-order valence-electron chi connectivity index (χ1n) is 6.14. The van der Waals surface area contributed by atoms with Gasteiger partial charge in [0.15, 0.2) is 0 Å². The Hall–Kier alpha value is -0.830. The van der Waals surface area contributed by atoms with E-state index in [2.05, 4.69) is 21.1 Å². The second-order valence-electron chi connectivity index (χ2n) is 4.97. The van der Waals surface area contributed by atoms with Crippen LogP contribution in [-0.4, -0.2) is 22.1 Å². The van der Waals surface area contributed by atoms with Crippen LogP contribution in [-0.2, 0) is 0 Å². The minimum atomic E-state index is 0.645. The Kier molecular flexibility index (Phi) is 2.49. The molecule has 0 aromatic carbocycles. The van der Waals surface area contributed by atoms with E-state index in [1.54, 1.807) is 0 Å². The van der Waals surface area contributed by atoms with Crippen molar-refractivity contribution in [3.63, 3.8) is 0 Å². The summed E-state index contributed by atoms with van der Waals surface area (Å²) in [4.78, 5) is 4.14. The predicted octanol–water partition coefficient (Wildman–Crippen LogP) is 1.98. The van der Waals surface area contributed by atoms with Crippen molar-refractivity contribution < 1.29 is 0 Å². The lowest BCUT2D eigenvalue weighted by Gasteiger charge is -2.22. The average Bonchev–Trinajstić information content (AvgIpc) is 2.79. The third-order valence-electron chi connectivity index (χ3n) is 3.75. The van der Waals surface area contributed by atoms with Gasteiger partial charge in [-0.3, -0.25) is 0 Å². The maximum atomic E-state index is 4.14. The summed E-state index contributed by atoms with van der Waals surface area (Å²) in [5.41, 5.74) is 0. The number of nitrogens with zero attached hydrogens (tertiary/aromatic N) is 2. The van der Waals surface area contributed by atoms with Crippen LogP contribution in [0.3, 0.4) is 0 Å². The molecule has 0 spiro atoms. The number of rotatable bonds is 4. The summed E-state index contributed by atoms with van der Waals surface area (Å²) in [7, 11) is 0. The molecule has 0 aliphatic heterocycles. The normalized spacial score (nSPS) is 30.9. The van der Waals surface area contributed by atoms with Crippen LogP contribution >= 0.6 is 0 Å². The van der Waals surface area contributed by atoms with Gasteiger partial charge >= 0.3 is 0 Å². The fourth-order valence-corrected chi connectivity index (χ4v) is 2.64. The highest BCUT2D eigenvalue weighted by molar-refractivity contribution is 4.92. The van der Waals surface area contributed by atoms with Gasteiger partial charge in [0.05, 0.1) is 6.33 Å². The van der Waals surface area contributed by atoms with E-state index in [9.17, 15) is 0 Å². The molecule has 0 radical (unpaired) electrons. The standard InChI is InChI=1S/C12H19N3/c1-2-11(14-8-10-4-5-10)12(3-1)15-7-6-13-9-15/h6-7,9-12,14H,1-5,8H2/t11-,12+/m1/s1. The molecule has 3 heteroatoms. The zero-order valence-corrected chi connectivity index (χ0v) is 9.10. The molecule has 3 nitrogen and oxygen atoms in total. The number of hydrogen-bond acceptors (Lipinski definition) is 2. The van der Waals surface area contributed by atoms with Gasteiger partial charge < -0.3 is 9.88 Å². The van der Waals surface area contributed by atoms with Crippen molar-refractivity contribution in [1.29, 1.82) is 0 Å². The third-order valence-corrected chi connectivity index (χ3v) is 3.75. The van der Waals surface area contributed by atoms with Crippen LogP contribution in [0, 0.1) is 5.92 Å². The van der Waals surface area contributed by atoms with Crippen molar-refractivity contribution in [1.82, 2.24) is 14.9 Å². The number of hydrogen-bond donors (Lipinski definition) is 1. The highest BCUT2D eigenvalue weighted by Gasteiger charge is 2.30. The van der Waals surface area contributed by atoms with Crippen LogP contribution in [0.15, 0.2) is 18.7 Å². The zero-order chi connectivity index (χ0) is 10.1. The molecular weight excluding hydrogens is 186 g/mol. The van der Waals surface area contributed by atoms with Gasteiger partial charge in [-0.05, 0) is 44.6 Å². The fourth-order valence-electron chi connectivity index (χ4n) is 2.64. The average molecular weight is 205 g/mol. The van der Waals surface area contributed by atoms with Crippen molar-refractivity contribution in [2.45, 2.75) is 44.2 Å². The molecule has 3 rings (SSSR count). The van der Waals surface area contributed by atoms with Crippen LogP contribution in [0.2, 0.25) is 0 Å². The minimum absolute atomic E-state index is 0.645. The monoisotopic (exact) mass is 205 g/mol. The third kappa shape index (κ3) is 2.07. The molecule has 82 valence electrons. The molecule has 1 heterocycles. The minimum Gasteiger partial charge on any atom is -0.333 e. The highest BCUT2D eigenvalue weighted by atomic mass is 15.1. The SMILES string of the molecule is c1cn([C@H]2CCC[C@H]2NCC2CC2)cn1. The second-order valence-corrected chi connectivity index (χ2v) is 4.97. The Bertz CT molecular complexity index is 303. The van der Waals surface area contributed by atoms with Crippen LogP contribution in [0.1, 0.15) is 38.1 Å². The first kappa shape index (κ1) is 9.40. The maximum Gasteiger partial charge on any atom is 0.0949 e. The Morgan fingerprint density at radius 1 is 1.27 bits per heavy atom. The van der Waals surface area contributed by atoms with Crippen molar-refractivity contribution in [2.75, 3.05) is 6.54 Å². The fraction of sp³-hybridized carbons (Fsp3) is 0.750. The van der Waals surface area contributed by atoms with Gasteiger partial charge in [-0.2, -0.15) is 0 Å². The molecule has 0 unspecified atom stereocenters. The van der Waals surface area contributed by atoms with E-state index in [4.69, 9.17) is 0 Å². The van der Waals surface area contributed by atoms with Gasteiger partial charge in [-0.1, -0.05) is 0 Å². The lowest BCUT2D eigenvalue weighted by Crippen LogP contribution is -2.34. The summed E-state index contributed by atoms with van der Waals surface area (Å²) in [6, 6.07) is 1.33. The summed E-state index contributed by atoms with van der Waals surface area (Å²) in [5, 5.41) is 3.73. The molecule has 2 aliphatic rings. The number of nitrogens with one attached hydrogen (secondary N) is 1. The van der Waals surface area contributed by atoms with Crippen molar-refractivity contribution in [3.05, 3.63) is 18.7 Å². The number of imidazole rings is 1. The van der Waals surface area contributed by atoms with Gasteiger partial charge in [-0.15, -0.1) is 0 Å². The summed E-state index contributed by atoms with van der Waals surface area (Å²) in [6.07, 6.45) is 12.8. The van der Waals surface area contributed by atoms with E-state index in [1.807, 2.05) is 12.5 Å². The van der Waals surface area contributed by atoms with Gasteiger partial charge in [0.2, 0.25) is 0 Å². The molecule has 2 fully saturated rings. The molecular formula is C12H19N3. The highest BCUT2D eigenvalue weighted by Crippen LogP contribution is 2.32. The van der Waals surface area contributed by atoms with Crippen molar-refractivity contribution in [2.24, 2.45) is 5.92 Å². The smallest absolute Gasteiger partial charge is 0.0949 e.